The predicted molar refractivity (Wildman–Crippen MR) is 88.8 cm³/mol. The summed E-state index contributed by atoms with van der Waals surface area (Å²) in [5, 5.41) is 0.710. The Kier molecular flexibility index (Phi) is 5.97. The number of piperidine rings is 1. The lowest BCUT2D eigenvalue weighted by Gasteiger charge is -2.33. The predicted octanol–water partition coefficient (Wildman–Crippen LogP) is 2.88. The SMILES string of the molecule is CC(C)(C)OC(=O)N1CCC[C@@H](C[S@](=O)c2cc(Cl)ncn2)C1. The van der Waals surface area contributed by atoms with Crippen LogP contribution >= 0.6 is 11.6 Å². The second-order valence-electron chi connectivity index (χ2n) is 6.63. The van der Waals surface area contributed by atoms with Crippen LogP contribution in [0.2, 0.25) is 5.15 Å². The van der Waals surface area contributed by atoms with Crippen molar-refractivity contribution >= 4 is 28.5 Å². The lowest BCUT2D eigenvalue weighted by molar-refractivity contribution is 0.0176. The van der Waals surface area contributed by atoms with Gasteiger partial charge in [0.05, 0.1) is 10.8 Å². The summed E-state index contributed by atoms with van der Waals surface area (Å²) in [6, 6.07) is 1.52. The van der Waals surface area contributed by atoms with Gasteiger partial charge in [0.15, 0.2) is 0 Å². The smallest absolute Gasteiger partial charge is 0.410 e. The Bertz CT molecular complexity index is 592. The molecule has 23 heavy (non-hydrogen) atoms. The van der Waals surface area contributed by atoms with Gasteiger partial charge in [0.1, 0.15) is 22.1 Å². The van der Waals surface area contributed by atoms with Gasteiger partial charge in [-0.2, -0.15) is 0 Å². The van der Waals surface area contributed by atoms with Crippen LogP contribution in [0, 0.1) is 5.92 Å². The molecule has 0 radical (unpaired) electrons. The quantitative estimate of drug-likeness (QED) is 0.776. The van der Waals surface area contributed by atoms with Crippen molar-refractivity contribution in [3.63, 3.8) is 0 Å². The molecule has 0 bridgehead atoms. The second kappa shape index (κ2) is 7.57. The molecule has 0 aromatic carbocycles. The summed E-state index contributed by atoms with van der Waals surface area (Å²) in [6.07, 6.45) is 2.82. The van der Waals surface area contributed by atoms with E-state index in [1.54, 1.807) is 4.90 Å². The zero-order chi connectivity index (χ0) is 17.0. The van der Waals surface area contributed by atoms with Gasteiger partial charge in [-0.1, -0.05) is 11.6 Å². The maximum atomic E-state index is 12.4. The Morgan fingerprint density at radius 1 is 1.48 bits per heavy atom. The second-order valence-corrected chi connectivity index (χ2v) is 8.46. The molecule has 1 aromatic heterocycles. The van der Waals surface area contributed by atoms with Crippen LogP contribution in [-0.4, -0.2) is 49.6 Å². The fourth-order valence-corrected chi connectivity index (χ4v) is 3.93. The summed E-state index contributed by atoms with van der Waals surface area (Å²) < 4.78 is 17.8. The standard InChI is InChI=1S/C15H22ClN3O3S/c1-15(2,3)22-14(20)19-6-4-5-11(8-19)9-23(21)13-7-12(16)17-10-18-13/h7,10-11H,4-6,8-9H2,1-3H3/t11-,23+/m1/s1. The lowest BCUT2D eigenvalue weighted by atomic mass is 10.0. The zero-order valence-electron chi connectivity index (χ0n) is 13.6. The summed E-state index contributed by atoms with van der Waals surface area (Å²) in [4.78, 5) is 21.6. The molecule has 2 heterocycles. The molecule has 0 spiro atoms. The molecule has 128 valence electrons. The van der Waals surface area contributed by atoms with Gasteiger partial charge in [-0.15, -0.1) is 0 Å². The first-order valence-corrected chi connectivity index (χ1v) is 9.28. The number of likely N-dealkylation sites (tertiary alicyclic amines) is 1. The van der Waals surface area contributed by atoms with Crippen molar-refractivity contribution in [3.05, 3.63) is 17.5 Å². The average molecular weight is 360 g/mol. The first kappa shape index (κ1) is 18.1. The highest BCUT2D eigenvalue weighted by atomic mass is 35.5. The van der Waals surface area contributed by atoms with Gasteiger partial charge < -0.3 is 9.64 Å². The van der Waals surface area contributed by atoms with Crippen LogP contribution < -0.4 is 0 Å². The molecule has 1 aromatic rings. The van der Waals surface area contributed by atoms with Crippen LogP contribution in [-0.2, 0) is 15.5 Å². The van der Waals surface area contributed by atoms with Crippen molar-refractivity contribution in [2.24, 2.45) is 5.92 Å². The van der Waals surface area contributed by atoms with E-state index < -0.39 is 16.4 Å². The first-order valence-electron chi connectivity index (χ1n) is 7.58. The Labute approximate surface area is 144 Å². The summed E-state index contributed by atoms with van der Waals surface area (Å²) in [7, 11) is -1.25. The molecule has 2 atom stereocenters. The van der Waals surface area contributed by atoms with Gasteiger partial charge in [0, 0.05) is 24.9 Å². The number of carbonyl (C=O) groups excluding carboxylic acids is 1. The van der Waals surface area contributed by atoms with Crippen LogP contribution in [0.1, 0.15) is 33.6 Å². The molecule has 1 aliphatic heterocycles. The monoisotopic (exact) mass is 359 g/mol. The normalized spacial score (nSPS) is 20.2. The number of halogens is 1. The molecule has 1 aliphatic rings. The van der Waals surface area contributed by atoms with Crippen molar-refractivity contribution in [1.82, 2.24) is 14.9 Å². The van der Waals surface area contributed by atoms with Gasteiger partial charge in [-0.3, -0.25) is 4.21 Å². The third-order valence-electron chi connectivity index (χ3n) is 3.40. The number of amides is 1. The molecule has 1 saturated heterocycles. The van der Waals surface area contributed by atoms with Gasteiger partial charge in [0.2, 0.25) is 0 Å². The third-order valence-corrected chi connectivity index (χ3v) is 5.07. The van der Waals surface area contributed by atoms with E-state index in [4.69, 9.17) is 16.3 Å². The van der Waals surface area contributed by atoms with Gasteiger partial charge in [0.25, 0.3) is 0 Å². The van der Waals surface area contributed by atoms with Crippen molar-refractivity contribution in [3.8, 4) is 0 Å². The van der Waals surface area contributed by atoms with Crippen LogP contribution in [0.3, 0.4) is 0 Å². The molecule has 8 heteroatoms. The lowest BCUT2D eigenvalue weighted by Crippen LogP contribution is -2.44. The third kappa shape index (κ3) is 5.73. The minimum absolute atomic E-state index is 0.158. The van der Waals surface area contributed by atoms with Gasteiger partial charge in [-0.25, -0.2) is 14.8 Å². The molecule has 0 unspecified atom stereocenters. The maximum absolute atomic E-state index is 12.4. The van der Waals surface area contributed by atoms with E-state index in [1.807, 2.05) is 20.8 Å². The fraction of sp³-hybridized carbons (Fsp3) is 0.667. The molecular weight excluding hydrogens is 338 g/mol. The Morgan fingerprint density at radius 3 is 2.87 bits per heavy atom. The highest BCUT2D eigenvalue weighted by molar-refractivity contribution is 7.85. The van der Waals surface area contributed by atoms with Crippen molar-refractivity contribution in [2.45, 2.75) is 44.2 Å². The molecule has 2 rings (SSSR count). The van der Waals surface area contributed by atoms with Crippen LogP contribution in [0.4, 0.5) is 4.79 Å². The molecule has 0 saturated carbocycles. The molecule has 0 aliphatic carbocycles. The highest BCUT2D eigenvalue weighted by Gasteiger charge is 2.28. The van der Waals surface area contributed by atoms with E-state index in [0.29, 0.717) is 23.9 Å². The fourth-order valence-electron chi connectivity index (χ4n) is 2.43. The van der Waals surface area contributed by atoms with E-state index in [0.717, 1.165) is 12.8 Å². The maximum Gasteiger partial charge on any atom is 0.410 e. The molecule has 1 fully saturated rings. The number of aromatic nitrogens is 2. The first-order chi connectivity index (χ1) is 10.7. The van der Waals surface area contributed by atoms with E-state index in [1.165, 1.54) is 12.4 Å². The van der Waals surface area contributed by atoms with E-state index in [2.05, 4.69) is 9.97 Å². The Morgan fingerprint density at radius 2 is 2.22 bits per heavy atom. The number of hydrogen-bond donors (Lipinski definition) is 0. The number of nitrogens with zero attached hydrogens (tertiary/aromatic N) is 3. The van der Waals surface area contributed by atoms with Crippen molar-refractivity contribution in [1.29, 1.82) is 0 Å². The largest absolute Gasteiger partial charge is 0.444 e. The topological polar surface area (TPSA) is 72.4 Å². The van der Waals surface area contributed by atoms with Crippen LogP contribution in [0.5, 0.6) is 0 Å². The summed E-state index contributed by atoms with van der Waals surface area (Å²) in [5.74, 6) is 0.609. The number of carbonyl (C=O) groups is 1. The zero-order valence-corrected chi connectivity index (χ0v) is 15.2. The summed E-state index contributed by atoms with van der Waals surface area (Å²) in [5.41, 5.74) is -0.509. The molecule has 0 N–H and O–H groups in total. The number of rotatable bonds is 3. The van der Waals surface area contributed by atoms with E-state index in [9.17, 15) is 9.00 Å². The summed E-state index contributed by atoms with van der Waals surface area (Å²) >= 11 is 5.80. The van der Waals surface area contributed by atoms with E-state index >= 15 is 0 Å². The van der Waals surface area contributed by atoms with Gasteiger partial charge in [-0.05, 0) is 39.5 Å². The minimum atomic E-state index is -1.25. The van der Waals surface area contributed by atoms with Crippen molar-refractivity contribution < 1.29 is 13.7 Å². The van der Waals surface area contributed by atoms with Gasteiger partial charge >= 0.3 is 6.09 Å². The minimum Gasteiger partial charge on any atom is -0.444 e. The van der Waals surface area contributed by atoms with Crippen LogP contribution in [0.25, 0.3) is 0 Å². The Hall–Kier alpha value is -1.21. The highest BCUT2D eigenvalue weighted by Crippen LogP contribution is 2.21. The van der Waals surface area contributed by atoms with Crippen LogP contribution in [0.15, 0.2) is 17.4 Å². The summed E-state index contributed by atoms with van der Waals surface area (Å²) in [6.45, 7) is 6.78. The number of hydrogen-bond acceptors (Lipinski definition) is 5. The molecular formula is C15H22ClN3O3S. The average Bonchev–Trinajstić information content (AvgIpc) is 2.45. The van der Waals surface area contributed by atoms with E-state index in [-0.39, 0.29) is 17.2 Å². The molecule has 6 nitrogen and oxygen atoms in total. The number of ether oxygens (including phenoxy) is 1. The molecule has 1 amide bonds. The Balaban J connectivity index is 1.93. The van der Waals surface area contributed by atoms with Crippen molar-refractivity contribution in [2.75, 3.05) is 18.8 Å².